The number of para-hydroxylation sites is 1. The molecule has 0 spiro atoms. The molecule has 1 atom stereocenters. The Morgan fingerprint density at radius 1 is 1.03 bits per heavy atom. The Balaban J connectivity index is 1.98. The van der Waals surface area contributed by atoms with Gasteiger partial charge >= 0.3 is 5.97 Å². The minimum absolute atomic E-state index is 0.190. The number of fused-ring (bicyclic) bond motifs is 1. The maximum absolute atomic E-state index is 13.9. The maximum Gasteiger partial charge on any atom is 0.338 e. The van der Waals surface area contributed by atoms with Crippen molar-refractivity contribution >= 4 is 23.4 Å². The fourth-order valence-electron chi connectivity index (χ4n) is 4.41. The van der Waals surface area contributed by atoms with Crippen molar-refractivity contribution in [2.24, 2.45) is 4.99 Å². The molecule has 0 unspecified atom stereocenters. The number of methoxy groups -OCH3 is 3. The monoisotopic (exact) mass is 538 g/mol. The van der Waals surface area contributed by atoms with Crippen molar-refractivity contribution in [3.63, 3.8) is 0 Å². The van der Waals surface area contributed by atoms with Gasteiger partial charge in [-0.2, -0.15) is 0 Å². The van der Waals surface area contributed by atoms with Crippen LogP contribution in [0.1, 0.15) is 37.9 Å². The standard InChI is InChI=1S/C28H30N2O7S/c1-7-36-21-14-17(12-13-19(21)33-4)24-23(27(32)37-8-2)16(3)29-28-30(24)26(31)22(38-28)15-18-10-9-11-20(34-5)25(18)35-6/h9-15,24H,7-8H2,1-6H3/b22-15-/t24-/m1/s1. The van der Waals surface area contributed by atoms with Crippen molar-refractivity contribution in [1.82, 2.24) is 4.57 Å². The Hall–Kier alpha value is -4.05. The van der Waals surface area contributed by atoms with Crippen LogP contribution in [0.4, 0.5) is 0 Å². The molecule has 3 aromatic rings. The van der Waals surface area contributed by atoms with Gasteiger partial charge in [0, 0.05) is 5.56 Å². The van der Waals surface area contributed by atoms with Gasteiger partial charge < -0.3 is 23.7 Å². The van der Waals surface area contributed by atoms with Crippen LogP contribution in [-0.4, -0.2) is 45.1 Å². The van der Waals surface area contributed by atoms with E-state index in [-0.39, 0.29) is 17.7 Å². The highest BCUT2D eigenvalue weighted by Crippen LogP contribution is 2.36. The number of carbonyl (C=O) groups excluding carboxylic acids is 1. The van der Waals surface area contributed by atoms with Gasteiger partial charge in [-0.3, -0.25) is 9.36 Å². The normalized spacial score (nSPS) is 15.0. The molecular weight excluding hydrogens is 508 g/mol. The molecule has 4 rings (SSSR count). The average molecular weight is 539 g/mol. The molecule has 0 N–H and O–H groups in total. The van der Waals surface area contributed by atoms with Gasteiger partial charge in [0.25, 0.3) is 5.56 Å². The molecule has 1 aromatic heterocycles. The second kappa shape index (κ2) is 11.6. The number of nitrogens with zero attached hydrogens (tertiary/aromatic N) is 2. The van der Waals surface area contributed by atoms with Crippen molar-refractivity contribution in [1.29, 1.82) is 0 Å². The maximum atomic E-state index is 13.9. The Kier molecular flexibility index (Phi) is 8.21. The molecule has 0 bridgehead atoms. The number of esters is 1. The molecule has 1 aliphatic rings. The van der Waals surface area contributed by atoms with Crippen LogP contribution in [-0.2, 0) is 9.53 Å². The van der Waals surface area contributed by atoms with Gasteiger partial charge in [0.05, 0.1) is 56.4 Å². The largest absolute Gasteiger partial charge is 0.493 e. The van der Waals surface area contributed by atoms with E-state index in [1.54, 1.807) is 59.5 Å². The highest BCUT2D eigenvalue weighted by atomic mass is 32.1. The molecule has 0 saturated carbocycles. The predicted molar refractivity (Wildman–Crippen MR) is 144 cm³/mol. The summed E-state index contributed by atoms with van der Waals surface area (Å²) in [5.74, 6) is 1.59. The molecule has 1 aliphatic heterocycles. The summed E-state index contributed by atoms with van der Waals surface area (Å²) in [5.41, 5.74) is 1.81. The first-order chi connectivity index (χ1) is 18.4. The van der Waals surface area contributed by atoms with E-state index in [1.807, 2.05) is 25.1 Å². The minimum atomic E-state index is -0.773. The van der Waals surface area contributed by atoms with Crippen LogP contribution in [0.5, 0.6) is 23.0 Å². The van der Waals surface area contributed by atoms with Gasteiger partial charge in [0.15, 0.2) is 27.8 Å². The van der Waals surface area contributed by atoms with Crippen molar-refractivity contribution in [2.75, 3.05) is 34.5 Å². The second-order valence-electron chi connectivity index (χ2n) is 8.23. The number of benzene rings is 2. The summed E-state index contributed by atoms with van der Waals surface area (Å²) in [6.07, 6.45) is 1.74. The highest BCUT2D eigenvalue weighted by Gasteiger charge is 2.34. The van der Waals surface area contributed by atoms with Crippen molar-refractivity contribution in [3.05, 3.63) is 78.5 Å². The van der Waals surface area contributed by atoms with E-state index in [1.165, 1.54) is 15.9 Å². The summed E-state index contributed by atoms with van der Waals surface area (Å²) in [7, 11) is 4.66. The van der Waals surface area contributed by atoms with E-state index in [2.05, 4.69) is 4.99 Å². The third-order valence-corrected chi connectivity index (χ3v) is 7.02. The van der Waals surface area contributed by atoms with Gasteiger partial charge in [-0.1, -0.05) is 29.5 Å². The van der Waals surface area contributed by atoms with Gasteiger partial charge in [0.1, 0.15) is 0 Å². The number of thiazole rings is 1. The number of aromatic nitrogens is 1. The van der Waals surface area contributed by atoms with E-state index < -0.39 is 12.0 Å². The van der Waals surface area contributed by atoms with Gasteiger partial charge in [-0.15, -0.1) is 0 Å². The molecule has 2 heterocycles. The van der Waals surface area contributed by atoms with Gasteiger partial charge in [-0.25, -0.2) is 9.79 Å². The Bertz CT molecular complexity index is 1570. The third-order valence-electron chi connectivity index (χ3n) is 6.04. The first-order valence-electron chi connectivity index (χ1n) is 12.1. The Morgan fingerprint density at radius 2 is 1.79 bits per heavy atom. The average Bonchev–Trinajstić information content (AvgIpc) is 3.21. The van der Waals surface area contributed by atoms with Crippen LogP contribution in [0, 0.1) is 0 Å². The molecular formula is C28H30N2O7S. The molecule has 0 amide bonds. The quantitative estimate of drug-likeness (QED) is 0.386. The van der Waals surface area contributed by atoms with E-state index in [0.717, 1.165) is 0 Å². The van der Waals surface area contributed by atoms with Crippen molar-refractivity contribution in [2.45, 2.75) is 26.8 Å². The molecule has 9 nitrogen and oxygen atoms in total. The van der Waals surface area contributed by atoms with Gasteiger partial charge in [-0.05, 0) is 50.6 Å². The molecule has 0 saturated heterocycles. The van der Waals surface area contributed by atoms with Crippen molar-refractivity contribution in [3.8, 4) is 23.0 Å². The lowest BCUT2D eigenvalue weighted by Gasteiger charge is -2.25. The Labute approximate surface area is 224 Å². The molecule has 0 fully saturated rings. The third kappa shape index (κ3) is 4.91. The topological polar surface area (TPSA) is 97.6 Å². The molecule has 0 radical (unpaired) electrons. The number of rotatable bonds is 9. The first kappa shape index (κ1) is 27.0. The van der Waals surface area contributed by atoms with E-state index in [9.17, 15) is 9.59 Å². The summed E-state index contributed by atoms with van der Waals surface area (Å²) >= 11 is 1.23. The lowest BCUT2D eigenvalue weighted by molar-refractivity contribution is -0.139. The summed E-state index contributed by atoms with van der Waals surface area (Å²) in [5, 5.41) is 0. The van der Waals surface area contributed by atoms with Crippen LogP contribution in [0.3, 0.4) is 0 Å². The van der Waals surface area contributed by atoms with E-state index in [4.69, 9.17) is 23.7 Å². The SMILES string of the molecule is CCOC(=O)C1=C(C)N=c2s/c(=C\c3cccc(OC)c3OC)c(=O)n2[C@@H]1c1ccc(OC)c(OCC)c1. The van der Waals surface area contributed by atoms with Crippen LogP contribution in [0.15, 0.2) is 57.5 Å². The molecule has 200 valence electrons. The highest BCUT2D eigenvalue weighted by molar-refractivity contribution is 7.07. The molecule has 10 heteroatoms. The molecule has 0 aliphatic carbocycles. The summed E-state index contributed by atoms with van der Waals surface area (Å²) < 4.78 is 29.5. The molecule has 38 heavy (non-hydrogen) atoms. The van der Waals surface area contributed by atoms with Crippen LogP contribution >= 0.6 is 11.3 Å². The number of carbonyl (C=O) groups is 1. The lowest BCUT2D eigenvalue weighted by atomic mass is 9.95. The van der Waals surface area contributed by atoms with E-state index in [0.29, 0.717) is 55.8 Å². The van der Waals surface area contributed by atoms with Crippen LogP contribution < -0.4 is 33.8 Å². The number of hydrogen-bond acceptors (Lipinski definition) is 9. The zero-order chi connectivity index (χ0) is 27.4. The first-order valence-corrected chi connectivity index (χ1v) is 12.9. The number of hydrogen-bond donors (Lipinski definition) is 0. The van der Waals surface area contributed by atoms with Crippen LogP contribution in [0.25, 0.3) is 6.08 Å². The summed E-state index contributed by atoms with van der Waals surface area (Å²) in [6.45, 7) is 5.96. The number of allylic oxidation sites excluding steroid dienone is 1. The Morgan fingerprint density at radius 3 is 2.45 bits per heavy atom. The summed E-state index contributed by atoms with van der Waals surface area (Å²) in [4.78, 5) is 32.1. The van der Waals surface area contributed by atoms with E-state index >= 15 is 0 Å². The fourth-order valence-corrected chi connectivity index (χ4v) is 5.44. The predicted octanol–water partition coefficient (Wildman–Crippen LogP) is 3.22. The van der Waals surface area contributed by atoms with Crippen LogP contribution in [0.2, 0.25) is 0 Å². The second-order valence-corrected chi connectivity index (χ2v) is 9.24. The van der Waals surface area contributed by atoms with Gasteiger partial charge in [0.2, 0.25) is 0 Å². The minimum Gasteiger partial charge on any atom is -0.493 e. The zero-order valence-corrected chi connectivity index (χ0v) is 23.0. The zero-order valence-electron chi connectivity index (χ0n) is 22.2. The summed E-state index contributed by atoms with van der Waals surface area (Å²) in [6, 6.07) is 10.0. The number of ether oxygens (including phenoxy) is 5. The lowest BCUT2D eigenvalue weighted by Crippen LogP contribution is -2.40. The molecule has 2 aromatic carbocycles. The fraction of sp³-hybridized carbons (Fsp3) is 0.321. The van der Waals surface area contributed by atoms with Crippen molar-refractivity contribution < 1.29 is 28.5 Å². The smallest absolute Gasteiger partial charge is 0.338 e.